The molecule has 9 heteroatoms. The summed E-state index contributed by atoms with van der Waals surface area (Å²) in [6.07, 6.45) is 0. The van der Waals surface area contributed by atoms with Crippen molar-refractivity contribution in [1.29, 1.82) is 0 Å². The second-order valence-electron chi connectivity index (χ2n) is 2.18. The van der Waals surface area contributed by atoms with Crippen molar-refractivity contribution in [2.45, 2.75) is 0 Å². The molecule has 7 nitrogen and oxygen atoms in total. The van der Waals surface area contributed by atoms with Gasteiger partial charge in [0.25, 0.3) is 5.70 Å². The second kappa shape index (κ2) is 2.96. The Morgan fingerprint density at radius 1 is 1.62 bits per heavy atom. The molecule has 0 aromatic heterocycles. The van der Waals surface area contributed by atoms with Crippen molar-refractivity contribution in [3.63, 3.8) is 0 Å². The van der Waals surface area contributed by atoms with Crippen molar-refractivity contribution in [3.8, 4) is 0 Å². The Hall–Kier alpha value is -1.15. The molecule has 1 rings (SSSR count). The SMILES string of the molecule is O=[N+]([O-])C1=C(Cl)C(=NO)S(=O)(=O)C1. The van der Waals surface area contributed by atoms with Crippen molar-refractivity contribution in [3.05, 3.63) is 20.8 Å². The molecule has 0 bridgehead atoms. The van der Waals surface area contributed by atoms with Crippen molar-refractivity contribution in [1.82, 2.24) is 0 Å². The maximum atomic E-state index is 11.0. The summed E-state index contributed by atoms with van der Waals surface area (Å²) in [6, 6.07) is 0. The minimum Gasteiger partial charge on any atom is -0.410 e. The van der Waals surface area contributed by atoms with Gasteiger partial charge in [-0.2, -0.15) is 0 Å². The average Bonchev–Trinajstić information content (AvgIpc) is 2.22. The lowest BCUT2D eigenvalue weighted by molar-refractivity contribution is -0.423. The van der Waals surface area contributed by atoms with Gasteiger partial charge in [0.1, 0.15) is 5.75 Å². The van der Waals surface area contributed by atoms with E-state index in [1.54, 1.807) is 0 Å². The first-order valence-corrected chi connectivity index (χ1v) is 4.91. The number of halogens is 1. The van der Waals surface area contributed by atoms with Gasteiger partial charge in [-0.3, -0.25) is 10.1 Å². The molecule has 0 fully saturated rings. The van der Waals surface area contributed by atoms with E-state index < -0.39 is 36.3 Å². The molecule has 0 aromatic rings. The molecular formula is C4H3ClN2O5S. The summed E-state index contributed by atoms with van der Waals surface area (Å²) in [5, 5.41) is 19.4. The molecule has 13 heavy (non-hydrogen) atoms. The van der Waals surface area contributed by atoms with E-state index in [1.165, 1.54) is 0 Å². The summed E-state index contributed by atoms with van der Waals surface area (Å²) in [5.41, 5.74) is -0.672. The third kappa shape index (κ3) is 1.49. The van der Waals surface area contributed by atoms with Crippen LogP contribution in [0.15, 0.2) is 15.9 Å². The lowest BCUT2D eigenvalue weighted by Crippen LogP contribution is -2.12. The van der Waals surface area contributed by atoms with Gasteiger partial charge in [-0.15, -0.1) is 0 Å². The number of sulfone groups is 1. The molecule has 0 aliphatic carbocycles. The summed E-state index contributed by atoms with van der Waals surface area (Å²) >= 11 is 5.29. The van der Waals surface area contributed by atoms with E-state index in [0.717, 1.165) is 0 Å². The highest BCUT2D eigenvalue weighted by Crippen LogP contribution is 2.25. The van der Waals surface area contributed by atoms with Gasteiger partial charge in [-0.1, -0.05) is 16.8 Å². The minimum atomic E-state index is -3.93. The van der Waals surface area contributed by atoms with Crippen molar-refractivity contribution >= 4 is 26.5 Å². The van der Waals surface area contributed by atoms with Gasteiger partial charge in [0.15, 0.2) is 5.03 Å². The van der Waals surface area contributed by atoms with Gasteiger partial charge in [-0.05, 0) is 0 Å². The quantitative estimate of drug-likeness (QED) is 0.382. The number of hydrogen-bond donors (Lipinski definition) is 1. The third-order valence-corrected chi connectivity index (χ3v) is 3.41. The fraction of sp³-hybridized carbons (Fsp3) is 0.250. The van der Waals surface area contributed by atoms with Crippen LogP contribution >= 0.6 is 11.6 Å². The van der Waals surface area contributed by atoms with Crippen LogP contribution < -0.4 is 0 Å². The van der Waals surface area contributed by atoms with Crippen molar-refractivity contribution in [2.24, 2.45) is 5.16 Å². The van der Waals surface area contributed by atoms with E-state index in [-0.39, 0.29) is 0 Å². The van der Waals surface area contributed by atoms with Crippen LogP contribution in [0.5, 0.6) is 0 Å². The van der Waals surface area contributed by atoms with E-state index in [4.69, 9.17) is 16.8 Å². The number of oxime groups is 1. The van der Waals surface area contributed by atoms with Gasteiger partial charge >= 0.3 is 0 Å². The molecule has 1 aliphatic heterocycles. The van der Waals surface area contributed by atoms with Gasteiger partial charge in [0, 0.05) is 0 Å². The fourth-order valence-electron chi connectivity index (χ4n) is 0.811. The normalized spacial score (nSPS) is 23.9. The van der Waals surface area contributed by atoms with Crippen LogP contribution in [-0.2, 0) is 9.84 Å². The second-order valence-corrected chi connectivity index (χ2v) is 4.46. The van der Waals surface area contributed by atoms with Gasteiger partial charge in [-0.25, -0.2) is 8.42 Å². The molecule has 0 saturated heterocycles. The Kier molecular flexibility index (Phi) is 2.26. The molecule has 1 heterocycles. The largest absolute Gasteiger partial charge is 0.410 e. The molecule has 0 aromatic carbocycles. The molecule has 0 radical (unpaired) electrons. The minimum absolute atomic E-state index is 0.632. The van der Waals surface area contributed by atoms with Crippen LogP contribution in [0.4, 0.5) is 0 Å². The highest BCUT2D eigenvalue weighted by molar-refractivity contribution is 8.07. The van der Waals surface area contributed by atoms with Crippen molar-refractivity contribution < 1.29 is 18.5 Å². The highest BCUT2D eigenvalue weighted by Gasteiger charge is 2.42. The lowest BCUT2D eigenvalue weighted by Gasteiger charge is -1.89. The average molecular weight is 227 g/mol. The van der Waals surface area contributed by atoms with Crippen LogP contribution in [-0.4, -0.2) is 29.3 Å². The number of rotatable bonds is 1. The molecule has 0 unspecified atom stereocenters. The maximum Gasteiger partial charge on any atom is 0.283 e. The Morgan fingerprint density at radius 2 is 2.15 bits per heavy atom. The molecule has 72 valence electrons. The summed E-state index contributed by atoms with van der Waals surface area (Å²) in [6.45, 7) is 0. The van der Waals surface area contributed by atoms with Crippen LogP contribution in [0.1, 0.15) is 0 Å². The van der Waals surface area contributed by atoms with E-state index >= 15 is 0 Å². The predicted molar refractivity (Wildman–Crippen MR) is 42.9 cm³/mol. The van der Waals surface area contributed by atoms with E-state index in [9.17, 15) is 18.5 Å². The predicted octanol–water partition coefficient (Wildman–Crippen LogP) is -0.0704. The van der Waals surface area contributed by atoms with Crippen LogP contribution in [0, 0.1) is 10.1 Å². The molecule has 0 saturated carbocycles. The summed E-state index contributed by atoms with van der Waals surface area (Å²) in [5.74, 6) is -0.835. The Bertz CT molecular complexity index is 422. The number of hydrogen-bond acceptors (Lipinski definition) is 6. The lowest BCUT2D eigenvalue weighted by atomic mass is 10.5. The molecule has 0 atom stereocenters. The first kappa shape index (κ1) is 9.93. The van der Waals surface area contributed by atoms with E-state index in [0.29, 0.717) is 0 Å². The van der Waals surface area contributed by atoms with Crippen LogP contribution in [0.25, 0.3) is 0 Å². The van der Waals surface area contributed by atoms with E-state index in [1.807, 2.05) is 0 Å². The molecule has 0 amide bonds. The maximum absolute atomic E-state index is 11.0. The Morgan fingerprint density at radius 3 is 2.38 bits per heavy atom. The molecule has 0 spiro atoms. The standard InChI is InChI=1S/C4H3ClN2O5S/c5-3-2(7(9)10)1-13(11,12)4(3)6-8/h8H,1H2. The van der Waals surface area contributed by atoms with Gasteiger partial charge in [0.05, 0.1) is 4.92 Å². The fourth-order valence-corrected chi connectivity index (χ4v) is 2.68. The zero-order valence-electron chi connectivity index (χ0n) is 5.97. The molecular weight excluding hydrogens is 224 g/mol. The first-order chi connectivity index (χ1) is 5.90. The number of nitro groups is 1. The summed E-state index contributed by atoms with van der Waals surface area (Å²) in [7, 11) is -3.93. The molecule has 1 aliphatic rings. The van der Waals surface area contributed by atoms with Gasteiger partial charge < -0.3 is 5.21 Å². The monoisotopic (exact) mass is 226 g/mol. The highest BCUT2D eigenvalue weighted by atomic mass is 35.5. The van der Waals surface area contributed by atoms with Crippen LogP contribution in [0.3, 0.4) is 0 Å². The van der Waals surface area contributed by atoms with Crippen LogP contribution in [0.2, 0.25) is 0 Å². The van der Waals surface area contributed by atoms with E-state index in [2.05, 4.69) is 5.16 Å². The first-order valence-electron chi connectivity index (χ1n) is 2.88. The zero-order chi connectivity index (χ0) is 10.2. The summed E-state index contributed by atoms with van der Waals surface area (Å²) < 4.78 is 22.0. The van der Waals surface area contributed by atoms with Gasteiger partial charge in [0.2, 0.25) is 14.9 Å². The topological polar surface area (TPSA) is 110 Å². The Balaban J connectivity index is 3.34. The Labute approximate surface area is 77.4 Å². The zero-order valence-corrected chi connectivity index (χ0v) is 7.54. The van der Waals surface area contributed by atoms with Crippen molar-refractivity contribution in [2.75, 3.05) is 5.75 Å². The smallest absolute Gasteiger partial charge is 0.283 e. The number of nitrogens with zero attached hydrogens (tertiary/aromatic N) is 2. The summed E-state index contributed by atoms with van der Waals surface area (Å²) in [4.78, 5) is 9.30. The third-order valence-electron chi connectivity index (χ3n) is 1.37. The molecule has 1 N–H and O–H groups in total.